The lowest BCUT2D eigenvalue weighted by atomic mass is 9.77. The number of pyridine rings is 1. The number of benzene rings is 2. The second-order valence-corrected chi connectivity index (χ2v) is 14.6. The first-order valence-corrected chi connectivity index (χ1v) is 18.4. The van der Waals surface area contributed by atoms with E-state index in [0.29, 0.717) is 29.6 Å². The Morgan fingerprint density at radius 3 is 2.28 bits per heavy atom. The van der Waals surface area contributed by atoms with Crippen molar-refractivity contribution >= 4 is 17.5 Å². The van der Waals surface area contributed by atoms with E-state index < -0.39 is 0 Å². The van der Waals surface area contributed by atoms with Crippen molar-refractivity contribution in [2.24, 2.45) is 5.41 Å². The maximum absolute atomic E-state index is 14.0. The number of carbonyl (C=O) groups is 2. The molecule has 1 spiro atoms. The third-order valence-corrected chi connectivity index (χ3v) is 11.5. The molecular weight excluding hydrogens is 626 g/mol. The average Bonchev–Trinajstić information content (AvgIpc) is 3.58. The van der Waals surface area contributed by atoms with E-state index in [1.165, 1.54) is 44.6 Å². The van der Waals surface area contributed by atoms with Crippen LogP contribution in [-0.2, 0) is 11.3 Å². The number of anilines is 1. The smallest absolute Gasteiger partial charge is 0.253 e. The van der Waals surface area contributed by atoms with E-state index in [0.717, 1.165) is 71.9 Å². The minimum absolute atomic E-state index is 0.0308. The highest BCUT2D eigenvalue weighted by Gasteiger charge is 2.37. The Hall–Kier alpha value is -4.37. The molecule has 9 nitrogen and oxygen atoms in total. The van der Waals surface area contributed by atoms with Crippen molar-refractivity contribution in [2.45, 2.75) is 91.6 Å². The van der Waals surface area contributed by atoms with Gasteiger partial charge in [-0.15, -0.1) is 5.06 Å². The molecule has 3 fully saturated rings. The van der Waals surface area contributed by atoms with Gasteiger partial charge in [0.1, 0.15) is 5.75 Å². The van der Waals surface area contributed by atoms with Gasteiger partial charge < -0.3 is 24.9 Å². The molecular formula is C41H53N5O4. The maximum atomic E-state index is 14.0. The van der Waals surface area contributed by atoms with E-state index in [9.17, 15) is 14.4 Å². The van der Waals surface area contributed by atoms with Crippen molar-refractivity contribution in [3.8, 4) is 16.9 Å². The Morgan fingerprint density at radius 2 is 1.66 bits per heavy atom. The Balaban J connectivity index is 1.26. The number of hydrogen-bond donors (Lipinski definition) is 2. The number of nitrogens with zero attached hydrogens (tertiary/aromatic N) is 3. The van der Waals surface area contributed by atoms with E-state index in [1.54, 1.807) is 0 Å². The van der Waals surface area contributed by atoms with Crippen LogP contribution in [0.4, 0.5) is 5.69 Å². The second-order valence-electron chi connectivity index (χ2n) is 14.6. The van der Waals surface area contributed by atoms with Crippen LogP contribution in [0.15, 0.2) is 59.9 Å². The Bertz CT molecular complexity index is 1760. The number of nitrogens with one attached hydrogen (secondary N) is 2. The summed E-state index contributed by atoms with van der Waals surface area (Å²) < 4.78 is 0. The predicted molar refractivity (Wildman–Crippen MR) is 199 cm³/mol. The summed E-state index contributed by atoms with van der Waals surface area (Å²) in [5.41, 5.74) is 6.94. The summed E-state index contributed by atoms with van der Waals surface area (Å²) in [7, 11) is 0. The van der Waals surface area contributed by atoms with Crippen molar-refractivity contribution in [1.82, 2.24) is 20.3 Å². The number of carbonyl (C=O) groups excluding carboxylic acids is 2. The minimum Gasteiger partial charge on any atom is -0.406 e. The van der Waals surface area contributed by atoms with E-state index in [1.807, 2.05) is 49.9 Å². The zero-order valence-electron chi connectivity index (χ0n) is 30.3. The number of likely N-dealkylation sites (tertiary alicyclic amines) is 1. The highest BCUT2D eigenvalue weighted by molar-refractivity contribution is 5.99. The molecule has 2 saturated heterocycles. The van der Waals surface area contributed by atoms with Crippen LogP contribution in [-0.4, -0.2) is 65.5 Å². The van der Waals surface area contributed by atoms with E-state index >= 15 is 0 Å². The van der Waals surface area contributed by atoms with Gasteiger partial charge in [0.2, 0.25) is 5.91 Å². The van der Waals surface area contributed by atoms with E-state index in [4.69, 9.17) is 4.84 Å². The first-order valence-electron chi connectivity index (χ1n) is 18.4. The molecule has 2 aromatic carbocycles. The van der Waals surface area contributed by atoms with Gasteiger partial charge >= 0.3 is 0 Å². The summed E-state index contributed by atoms with van der Waals surface area (Å²) in [5.74, 6) is 0.561. The number of hydroxylamine groups is 2. The van der Waals surface area contributed by atoms with Gasteiger partial charge in [0.15, 0.2) is 0 Å². The lowest BCUT2D eigenvalue weighted by Gasteiger charge is -2.40. The molecule has 0 radical (unpaired) electrons. The monoisotopic (exact) mass is 679 g/mol. The van der Waals surface area contributed by atoms with Crippen LogP contribution < -0.4 is 20.6 Å². The largest absolute Gasteiger partial charge is 0.406 e. The summed E-state index contributed by atoms with van der Waals surface area (Å²) in [6.07, 6.45) is 10.9. The third kappa shape index (κ3) is 7.68. The third-order valence-electron chi connectivity index (χ3n) is 11.5. The van der Waals surface area contributed by atoms with Crippen molar-refractivity contribution < 1.29 is 14.4 Å². The number of aryl methyl sites for hydroxylation is 2. The molecule has 2 aliphatic heterocycles. The van der Waals surface area contributed by atoms with Crippen LogP contribution in [0.3, 0.4) is 0 Å². The Kier molecular flexibility index (Phi) is 10.8. The summed E-state index contributed by atoms with van der Waals surface area (Å²) in [4.78, 5) is 52.4. The zero-order valence-corrected chi connectivity index (χ0v) is 30.3. The van der Waals surface area contributed by atoms with Crippen molar-refractivity contribution in [2.75, 3.05) is 37.6 Å². The molecule has 1 saturated carbocycles. The zero-order chi connectivity index (χ0) is 35.4. The fraction of sp³-hybridized carbons (Fsp3) is 0.488. The molecule has 3 aromatic rings. The highest BCUT2D eigenvalue weighted by atomic mass is 16.7. The molecule has 0 unspecified atom stereocenters. The van der Waals surface area contributed by atoms with Gasteiger partial charge in [0.05, 0.1) is 0 Å². The fourth-order valence-electron chi connectivity index (χ4n) is 8.45. The lowest BCUT2D eigenvalue weighted by Crippen LogP contribution is -2.46. The standard InChI is InChI=1S/C41H53N5O4/c1-6-38(47)44-20-14-33(15-21-44)46(7-2)37-26-32(25-35(30(37)5)39(48)42-27-36-28(3)24-29(4)43-40(36)49)31-10-12-34(13-11-31)50-45-22-18-41(19-23-45)16-8-9-17-41/h6,10-13,24-26,33H,1,7-9,14-23,27H2,2-5H3,(H,42,48)(H,43,49). The summed E-state index contributed by atoms with van der Waals surface area (Å²) in [5, 5.41) is 5.15. The van der Waals surface area contributed by atoms with Crippen molar-refractivity contribution in [3.05, 3.63) is 93.4 Å². The van der Waals surface area contributed by atoms with Crippen molar-refractivity contribution in [1.29, 1.82) is 0 Å². The molecule has 1 aliphatic carbocycles. The first kappa shape index (κ1) is 35.5. The molecule has 9 heteroatoms. The first-order chi connectivity index (χ1) is 24.1. The highest BCUT2D eigenvalue weighted by Crippen LogP contribution is 2.46. The molecule has 2 amide bonds. The van der Waals surface area contributed by atoms with Crippen LogP contribution >= 0.6 is 0 Å². The molecule has 3 aliphatic rings. The van der Waals surface area contributed by atoms with Gasteiger partial charge in [0, 0.05) is 67.8 Å². The van der Waals surface area contributed by atoms with Gasteiger partial charge in [-0.25, -0.2) is 0 Å². The summed E-state index contributed by atoms with van der Waals surface area (Å²) in [6, 6.07) is 14.5. The van der Waals surface area contributed by atoms with E-state index in [2.05, 4.69) is 52.0 Å². The Labute approximate surface area is 296 Å². The fourth-order valence-corrected chi connectivity index (χ4v) is 8.45. The predicted octanol–water partition coefficient (Wildman–Crippen LogP) is 6.85. The quantitative estimate of drug-likeness (QED) is 0.228. The molecule has 266 valence electrons. The molecule has 0 atom stereocenters. The lowest BCUT2D eigenvalue weighted by molar-refractivity contribution is -0.127. The molecule has 2 N–H and O–H groups in total. The van der Waals surface area contributed by atoms with Gasteiger partial charge in [-0.3, -0.25) is 14.4 Å². The number of H-pyrrole nitrogens is 1. The number of rotatable bonds is 10. The van der Waals surface area contributed by atoms with Crippen LogP contribution in [0.5, 0.6) is 5.75 Å². The van der Waals surface area contributed by atoms with Crippen LogP contribution in [0.25, 0.3) is 11.1 Å². The number of aromatic amines is 1. The van der Waals surface area contributed by atoms with Gasteiger partial charge in [0.25, 0.3) is 11.5 Å². The van der Waals surface area contributed by atoms with Crippen LogP contribution in [0, 0.1) is 26.2 Å². The SMILES string of the molecule is C=CC(=O)N1CCC(N(CC)c2cc(-c3ccc(ON4CCC5(CCCC5)CC4)cc3)cc(C(=O)NCc3c(C)cc(C)[nH]c3=O)c2C)CC1. The van der Waals surface area contributed by atoms with Gasteiger partial charge in [-0.2, -0.15) is 0 Å². The molecule has 50 heavy (non-hydrogen) atoms. The Morgan fingerprint density at radius 1 is 0.980 bits per heavy atom. The van der Waals surface area contributed by atoms with Crippen molar-refractivity contribution in [3.63, 3.8) is 0 Å². The number of hydrogen-bond acceptors (Lipinski definition) is 6. The summed E-state index contributed by atoms with van der Waals surface area (Å²) >= 11 is 0. The summed E-state index contributed by atoms with van der Waals surface area (Å²) in [6.45, 7) is 15.7. The molecule has 6 rings (SSSR count). The van der Waals surface area contributed by atoms with Crippen LogP contribution in [0.2, 0.25) is 0 Å². The van der Waals surface area contributed by atoms with Gasteiger partial charge in [-0.1, -0.05) is 31.6 Å². The average molecular weight is 680 g/mol. The number of piperidine rings is 2. The normalized spacial score (nSPS) is 17.9. The van der Waals surface area contributed by atoms with Crippen LogP contribution in [0.1, 0.15) is 91.0 Å². The number of aromatic nitrogens is 1. The molecule has 1 aromatic heterocycles. The maximum Gasteiger partial charge on any atom is 0.253 e. The molecule has 0 bridgehead atoms. The van der Waals surface area contributed by atoms with Gasteiger partial charge in [-0.05, 0) is 130 Å². The minimum atomic E-state index is -0.225. The number of amides is 2. The second kappa shape index (κ2) is 15.3. The molecule has 3 heterocycles. The topological polar surface area (TPSA) is 98.0 Å². The van der Waals surface area contributed by atoms with E-state index in [-0.39, 0.29) is 30.0 Å².